The molecule has 1 aliphatic rings. The Morgan fingerprint density at radius 3 is 2.52 bits per heavy atom. The third-order valence-electron chi connectivity index (χ3n) is 5.16. The lowest BCUT2D eigenvalue weighted by atomic mass is 10.0. The number of hydrogen-bond donors (Lipinski definition) is 1. The van der Waals surface area contributed by atoms with Gasteiger partial charge in [-0.2, -0.15) is 4.31 Å². The lowest BCUT2D eigenvalue weighted by molar-refractivity contribution is 0.0929. The summed E-state index contributed by atoms with van der Waals surface area (Å²) in [5.41, 5.74) is 1.21. The van der Waals surface area contributed by atoms with E-state index in [1.807, 2.05) is 34.6 Å². The number of sulfonamides is 1. The van der Waals surface area contributed by atoms with Crippen LogP contribution >= 0.6 is 0 Å². The van der Waals surface area contributed by atoms with Crippen LogP contribution in [-0.2, 0) is 10.0 Å². The molecule has 5 nitrogen and oxygen atoms in total. The number of carbonyl (C=O) groups excluding carboxylic acids is 1. The summed E-state index contributed by atoms with van der Waals surface area (Å²) in [5.74, 6) is 0.0906. The fraction of sp³-hybridized carbons (Fsp3) is 0.632. The second kappa shape index (κ2) is 7.87. The summed E-state index contributed by atoms with van der Waals surface area (Å²) in [7, 11) is -3.58. The summed E-state index contributed by atoms with van der Waals surface area (Å²) in [5, 5.41) is 2.96. The SMILES string of the molecule is Cc1ccc(S(=O)(=O)N2CCCCC2C)cc1C(=O)NC(C)C(C)C. The topological polar surface area (TPSA) is 66.5 Å². The fourth-order valence-electron chi connectivity index (χ4n) is 3.02. The standard InChI is InChI=1S/C19H30N2O3S/c1-13(2)16(5)20-19(22)18-12-17(10-9-14(18)3)25(23,24)21-11-7-6-8-15(21)4/h9-10,12-13,15-16H,6-8,11H2,1-5H3,(H,20,22). The average Bonchev–Trinajstić information content (AvgIpc) is 2.54. The molecule has 1 heterocycles. The summed E-state index contributed by atoms with van der Waals surface area (Å²) in [6, 6.07) is 4.87. The number of nitrogens with one attached hydrogen (secondary N) is 1. The van der Waals surface area contributed by atoms with Gasteiger partial charge in [0.25, 0.3) is 5.91 Å². The van der Waals surface area contributed by atoms with Gasteiger partial charge in [-0.15, -0.1) is 0 Å². The highest BCUT2D eigenvalue weighted by atomic mass is 32.2. The second-order valence-corrected chi connectivity index (χ2v) is 9.33. The Balaban J connectivity index is 2.33. The zero-order valence-electron chi connectivity index (χ0n) is 15.9. The van der Waals surface area contributed by atoms with E-state index in [-0.39, 0.29) is 22.9 Å². The van der Waals surface area contributed by atoms with E-state index in [2.05, 4.69) is 5.32 Å². The van der Waals surface area contributed by atoms with Crippen LogP contribution in [0.25, 0.3) is 0 Å². The minimum absolute atomic E-state index is 0.00158. The summed E-state index contributed by atoms with van der Waals surface area (Å²) in [6.07, 6.45) is 2.82. The summed E-state index contributed by atoms with van der Waals surface area (Å²) in [4.78, 5) is 12.8. The average molecular weight is 367 g/mol. The smallest absolute Gasteiger partial charge is 0.251 e. The van der Waals surface area contributed by atoms with Crippen molar-refractivity contribution in [3.05, 3.63) is 29.3 Å². The number of benzene rings is 1. The Morgan fingerprint density at radius 1 is 1.24 bits per heavy atom. The van der Waals surface area contributed by atoms with Crippen molar-refractivity contribution >= 4 is 15.9 Å². The van der Waals surface area contributed by atoms with Gasteiger partial charge in [0.2, 0.25) is 10.0 Å². The van der Waals surface area contributed by atoms with Gasteiger partial charge in [0.15, 0.2) is 0 Å². The van der Waals surface area contributed by atoms with Crippen LogP contribution in [0.3, 0.4) is 0 Å². The maximum Gasteiger partial charge on any atom is 0.251 e. The summed E-state index contributed by atoms with van der Waals surface area (Å²) in [6.45, 7) is 10.3. The molecule has 25 heavy (non-hydrogen) atoms. The minimum atomic E-state index is -3.58. The molecule has 2 rings (SSSR count). The molecule has 0 aliphatic carbocycles. The Kier molecular flexibility index (Phi) is 6.27. The predicted octanol–water partition coefficient (Wildman–Crippen LogP) is 3.33. The highest BCUT2D eigenvalue weighted by Crippen LogP contribution is 2.26. The Hall–Kier alpha value is -1.40. The molecule has 1 N–H and O–H groups in total. The van der Waals surface area contributed by atoms with Crippen LogP contribution in [0.5, 0.6) is 0 Å². The number of hydrogen-bond acceptors (Lipinski definition) is 3. The molecule has 1 aliphatic heterocycles. The van der Waals surface area contributed by atoms with E-state index in [0.717, 1.165) is 24.8 Å². The van der Waals surface area contributed by atoms with E-state index in [9.17, 15) is 13.2 Å². The van der Waals surface area contributed by atoms with Crippen LogP contribution < -0.4 is 5.32 Å². The maximum atomic E-state index is 13.0. The molecule has 140 valence electrons. The summed E-state index contributed by atoms with van der Waals surface area (Å²) < 4.78 is 27.6. The van der Waals surface area contributed by atoms with E-state index in [1.54, 1.807) is 16.4 Å². The van der Waals surface area contributed by atoms with Gasteiger partial charge in [0, 0.05) is 24.2 Å². The third kappa shape index (κ3) is 4.42. The van der Waals surface area contributed by atoms with E-state index >= 15 is 0 Å². The first-order chi connectivity index (χ1) is 11.6. The van der Waals surface area contributed by atoms with Crippen molar-refractivity contribution in [1.29, 1.82) is 0 Å². The predicted molar refractivity (Wildman–Crippen MR) is 100 cm³/mol. The van der Waals surface area contributed by atoms with Crippen LogP contribution in [-0.4, -0.2) is 37.3 Å². The molecule has 1 saturated heterocycles. The van der Waals surface area contributed by atoms with Crippen LogP contribution in [0, 0.1) is 12.8 Å². The third-order valence-corrected chi connectivity index (χ3v) is 7.17. The van der Waals surface area contributed by atoms with Crippen LogP contribution in [0.1, 0.15) is 62.9 Å². The van der Waals surface area contributed by atoms with Crippen molar-refractivity contribution in [2.75, 3.05) is 6.54 Å². The second-order valence-electron chi connectivity index (χ2n) is 7.44. The van der Waals surface area contributed by atoms with E-state index in [0.29, 0.717) is 18.0 Å². The summed E-state index contributed by atoms with van der Waals surface area (Å²) >= 11 is 0. The normalized spacial score (nSPS) is 20.5. The van der Waals surface area contributed by atoms with Crippen molar-refractivity contribution in [2.45, 2.75) is 70.9 Å². The molecule has 1 fully saturated rings. The molecular weight excluding hydrogens is 336 g/mol. The molecule has 0 radical (unpaired) electrons. The first-order valence-electron chi connectivity index (χ1n) is 9.08. The van der Waals surface area contributed by atoms with Gasteiger partial charge in [-0.1, -0.05) is 26.3 Å². The molecule has 0 bridgehead atoms. The van der Waals surface area contributed by atoms with Gasteiger partial charge in [-0.25, -0.2) is 8.42 Å². The molecule has 2 unspecified atom stereocenters. The molecule has 2 atom stereocenters. The van der Waals surface area contributed by atoms with E-state index in [1.165, 1.54) is 6.07 Å². The van der Waals surface area contributed by atoms with Gasteiger partial charge >= 0.3 is 0 Å². The van der Waals surface area contributed by atoms with Crippen molar-refractivity contribution in [2.24, 2.45) is 5.92 Å². The Morgan fingerprint density at radius 2 is 1.92 bits per heavy atom. The first kappa shape index (κ1) is 19.9. The molecule has 0 saturated carbocycles. The number of amides is 1. The number of nitrogens with zero attached hydrogens (tertiary/aromatic N) is 1. The van der Waals surface area contributed by atoms with Crippen LogP contribution in [0.2, 0.25) is 0 Å². The molecule has 1 aromatic carbocycles. The monoisotopic (exact) mass is 366 g/mol. The maximum absolute atomic E-state index is 13.0. The van der Waals surface area contributed by atoms with Gasteiger partial charge in [-0.05, 0) is 57.2 Å². The fourth-order valence-corrected chi connectivity index (χ4v) is 4.75. The molecule has 6 heteroatoms. The van der Waals surface area contributed by atoms with Crippen molar-refractivity contribution in [3.63, 3.8) is 0 Å². The molecule has 1 amide bonds. The van der Waals surface area contributed by atoms with Gasteiger partial charge in [-0.3, -0.25) is 4.79 Å². The van der Waals surface area contributed by atoms with Crippen LogP contribution in [0.15, 0.2) is 23.1 Å². The highest BCUT2D eigenvalue weighted by molar-refractivity contribution is 7.89. The Bertz CT molecular complexity index is 728. The lowest BCUT2D eigenvalue weighted by Gasteiger charge is -2.32. The van der Waals surface area contributed by atoms with Gasteiger partial charge in [0.05, 0.1) is 4.90 Å². The lowest BCUT2D eigenvalue weighted by Crippen LogP contribution is -2.42. The van der Waals surface area contributed by atoms with Crippen molar-refractivity contribution in [1.82, 2.24) is 9.62 Å². The highest BCUT2D eigenvalue weighted by Gasteiger charge is 2.31. The van der Waals surface area contributed by atoms with E-state index in [4.69, 9.17) is 0 Å². The largest absolute Gasteiger partial charge is 0.349 e. The van der Waals surface area contributed by atoms with Crippen molar-refractivity contribution in [3.8, 4) is 0 Å². The zero-order valence-corrected chi connectivity index (χ0v) is 16.7. The van der Waals surface area contributed by atoms with Gasteiger partial charge in [0.1, 0.15) is 0 Å². The van der Waals surface area contributed by atoms with Crippen molar-refractivity contribution < 1.29 is 13.2 Å². The number of piperidine rings is 1. The molecular formula is C19H30N2O3S. The minimum Gasteiger partial charge on any atom is -0.349 e. The number of aryl methyl sites for hydroxylation is 1. The quantitative estimate of drug-likeness (QED) is 0.869. The Labute approximate surface area is 151 Å². The first-order valence-corrected chi connectivity index (χ1v) is 10.5. The number of carbonyl (C=O) groups is 1. The molecule has 1 aromatic rings. The molecule has 0 spiro atoms. The van der Waals surface area contributed by atoms with E-state index < -0.39 is 10.0 Å². The van der Waals surface area contributed by atoms with Crippen LogP contribution in [0.4, 0.5) is 0 Å². The van der Waals surface area contributed by atoms with Gasteiger partial charge < -0.3 is 5.32 Å². The number of rotatable bonds is 5. The zero-order chi connectivity index (χ0) is 18.8. The molecule has 0 aromatic heterocycles.